The van der Waals surface area contributed by atoms with Crippen LogP contribution in [0.2, 0.25) is 0 Å². The van der Waals surface area contributed by atoms with E-state index >= 15 is 0 Å². The molecular formula is C20H17N3OS. The Balaban J connectivity index is 1.59. The fourth-order valence-corrected chi connectivity index (χ4v) is 3.41. The Morgan fingerprint density at radius 3 is 2.80 bits per heavy atom. The standard InChI is InChI=1S/C20H17N3OS/c1-13-6-7-16(10-14(13)2)19(24)21-17-5-3-4-15(11-17)18-12-23-8-9-25-20(23)22-18/h3-12H,1-2H3,(H,21,24). The summed E-state index contributed by atoms with van der Waals surface area (Å²) in [6, 6.07) is 13.5. The molecule has 0 saturated heterocycles. The minimum Gasteiger partial charge on any atom is -0.322 e. The lowest BCUT2D eigenvalue weighted by atomic mass is 10.1. The average Bonchev–Trinajstić information content (AvgIpc) is 3.19. The highest BCUT2D eigenvalue weighted by Crippen LogP contribution is 2.24. The normalized spacial score (nSPS) is 11.0. The number of imidazole rings is 1. The summed E-state index contributed by atoms with van der Waals surface area (Å²) in [7, 11) is 0. The molecule has 0 aliphatic heterocycles. The molecule has 25 heavy (non-hydrogen) atoms. The zero-order valence-corrected chi connectivity index (χ0v) is 14.8. The van der Waals surface area contributed by atoms with Crippen LogP contribution in [0.15, 0.2) is 60.2 Å². The number of rotatable bonds is 3. The van der Waals surface area contributed by atoms with Crippen LogP contribution in [0.25, 0.3) is 16.2 Å². The number of carbonyl (C=O) groups excluding carboxylic acids is 1. The van der Waals surface area contributed by atoms with E-state index in [9.17, 15) is 4.79 Å². The Hall–Kier alpha value is -2.92. The molecule has 124 valence electrons. The predicted molar refractivity (Wildman–Crippen MR) is 102 cm³/mol. The molecule has 0 aliphatic carbocycles. The molecule has 0 radical (unpaired) electrons. The van der Waals surface area contributed by atoms with Gasteiger partial charge in [-0.25, -0.2) is 4.98 Å². The number of benzene rings is 2. The van der Waals surface area contributed by atoms with E-state index < -0.39 is 0 Å². The third-order valence-corrected chi connectivity index (χ3v) is 5.05. The van der Waals surface area contributed by atoms with Gasteiger partial charge in [-0.05, 0) is 49.2 Å². The lowest BCUT2D eigenvalue weighted by Crippen LogP contribution is -2.12. The third kappa shape index (κ3) is 3.06. The molecule has 5 heteroatoms. The number of amides is 1. The van der Waals surface area contributed by atoms with Gasteiger partial charge in [0.15, 0.2) is 4.96 Å². The van der Waals surface area contributed by atoms with Gasteiger partial charge in [-0.3, -0.25) is 9.20 Å². The van der Waals surface area contributed by atoms with Gasteiger partial charge in [0.25, 0.3) is 5.91 Å². The Labute approximate surface area is 149 Å². The molecule has 0 bridgehead atoms. The Morgan fingerprint density at radius 1 is 1.12 bits per heavy atom. The number of nitrogens with one attached hydrogen (secondary N) is 1. The largest absolute Gasteiger partial charge is 0.322 e. The van der Waals surface area contributed by atoms with Crippen molar-refractivity contribution in [2.24, 2.45) is 0 Å². The summed E-state index contributed by atoms with van der Waals surface area (Å²) in [6.07, 6.45) is 3.98. The Bertz CT molecular complexity index is 1050. The van der Waals surface area contributed by atoms with Crippen molar-refractivity contribution >= 4 is 27.9 Å². The maximum Gasteiger partial charge on any atom is 0.255 e. The van der Waals surface area contributed by atoms with Gasteiger partial charge in [-0.2, -0.15) is 0 Å². The quantitative estimate of drug-likeness (QED) is 0.571. The van der Waals surface area contributed by atoms with Crippen LogP contribution in [0.5, 0.6) is 0 Å². The number of carbonyl (C=O) groups is 1. The van der Waals surface area contributed by atoms with Gasteiger partial charge in [-0.15, -0.1) is 11.3 Å². The first kappa shape index (κ1) is 15.6. The number of aryl methyl sites for hydroxylation is 2. The zero-order chi connectivity index (χ0) is 17.4. The molecule has 0 spiro atoms. The fourth-order valence-electron chi connectivity index (χ4n) is 2.71. The molecule has 2 aromatic carbocycles. The molecular weight excluding hydrogens is 330 g/mol. The van der Waals surface area contributed by atoms with Crippen LogP contribution >= 0.6 is 11.3 Å². The van der Waals surface area contributed by atoms with Gasteiger partial charge in [0.05, 0.1) is 5.69 Å². The number of thiazole rings is 1. The molecule has 4 rings (SSSR count). The van der Waals surface area contributed by atoms with Crippen molar-refractivity contribution in [2.75, 3.05) is 5.32 Å². The highest BCUT2D eigenvalue weighted by atomic mass is 32.1. The second-order valence-electron chi connectivity index (χ2n) is 6.05. The van der Waals surface area contributed by atoms with Crippen molar-refractivity contribution in [1.29, 1.82) is 0 Å². The number of nitrogens with zero attached hydrogens (tertiary/aromatic N) is 2. The van der Waals surface area contributed by atoms with Crippen LogP contribution in [0.3, 0.4) is 0 Å². The van der Waals surface area contributed by atoms with E-state index in [-0.39, 0.29) is 5.91 Å². The number of hydrogen-bond donors (Lipinski definition) is 1. The first-order valence-electron chi connectivity index (χ1n) is 8.01. The first-order chi connectivity index (χ1) is 12.1. The molecule has 4 nitrogen and oxygen atoms in total. The van der Waals surface area contributed by atoms with Gasteiger partial charge in [-0.1, -0.05) is 18.2 Å². The Kier molecular flexibility index (Phi) is 3.86. The molecule has 2 aromatic heterocycles. The van der Waals surface area contributed by atoms with E-state index in [0.717, 1.165) is 27.5 Å². The average molecular weight is 347 g/mol. The summed E-state index contributed by atoms with van der Waals surface area (Å²) in [5, 5.41) is 4.98. The van der Waals surface area contributed by atoms with Crippen LogP contribution in [0.1, 0.15) is 21.5 Å². The summed E-state index contributed by atoms with van der Waals surface area (Å²) in [5.41, 5.74) is 5.59. The number of aromatic nitrogens is 2. The first-order valence-corrected chi connectivity index (χ1v) is 8.89. The smallest absolute Gasteiger partial charge is 0.255 e. The molecule has 4 aromatic rings. The van der Waals surface area contributed by atoms with Crippen LogP contribution < -0.4 is 5.32 Å². The van der Waals surface area contributed by atoms with E-state index in [1.54, 1.807) is 11.3 Å². The minimum atomic E-state index is -0.105. The van der Waals surface area contributed by atoms with Crippen LogP contribution in [0, 0.1) is 13.8 Å². The van der Waals surface area contributed by atoms with Gasteiger partial charge in [0.2, 0.25) is 0 Å². The van der Waals surface area contributed by atoms with E-state index in [0.29, 0.717) is 5.56 Å². The van der Waals surface area contributed by atoms with E-state index in [2.05, 4.69) is 10.3 Å². The van der Waals surface area contributed by atoms with Gasteiger partial charge < -0.3 is 5.32 Å². The molecule has 0 fully saturated rings. The lowest BCUT2D eigenvalue weighted by molar-refractivity contribution is 0.102. The van der Waals surface area contributed by atoms with Crippen molar-refractivity contribution in [3.63, 3.8) is 0 Å². The van der Waals surface area contributed by atoms with Crippen LogP contribution in [-0.4, -0.2) is 15.3 Å². The monoisotopic (exact) mass is 347 g/mol. The van der Waals surface area contributed by atoms with Crippen molar-refractivity contribution in [3.8, 4) is 11.3 Å². The van der Waals surface area contributed by atoms with E-state index in [1.165, 1.54) is 5.56 Å². The van der Waals surface area contributed by atoms with Crippen molar-refractivity contribution < 1.29 is 4.79 Å². The molecule has 1 N–H and O–H groups in total. The van der Waals surface area contributed by atoms with E-state index in [4.69, 9.17) is 0 Å². The van der Waals surface area contributed by atoms with Crippen LogP contribution in [0.4, 0.5) is 5.69 Å². The lowest BCUT2D eigenvalue weighted by Gasteiger charge is -2.08. The number of hydrogen-bond acceptors (Lipinski definition) is 3. The topological polar surface area (TPSA) is 46.4 Å². The van der Waals surface area contributed by atoms with Crippen molar-refractivity contribution in [3.05, 3.63) is 76.9 Å². The summed E-state index contributed by atoms with van der Waals surface area (Å²) in [5.74, 6) is -0.105. The summed E-state index contributed by atoms with van der Waals surface area (Å²) < 4.78 is 2.00. The van der Waals surface area contributed by atoms with Crippen molar-refractivity contribution in [1.82, 2.24) is 9.38 Å². The molecule has 2 heterocycles. The summed E-state index contributed by atoms with van der Waals surface area (Å²) in [6.45, 7) is 4.05. The van der Waals surface area contributed by atoms with Gasteiger partial charge >= 0.3 is 0 Å². The molecule has 0 atom stereocenters. The van der Waals surface area contributed by atoms with E-state index in [1.807, 2.05) is 78.5 Å². The highest BCUT2D eigenvalue weighted by molar-refractivity contribution is 7.15. The number of anilines is 1. The third-order valence-electron chi connectivity index (χ3n) is 4.28. The highest BCUT2D eigenvalue weighted by Gasteiger charge is 2.09. The molecule has 0 unspecified atom stereocenters. The van der Waals surface area contributed by atoms with Gasteiger partial charge in [0.1, 0.15) is 0 Å². The second kappa shape index (κ2) is 6.18. The fraction of sp³-hybridized carbons (Fsp3) is 0.100. The van der Waals surface area contributed by atoms with Gasteiger partial charge in [0, 0.05) is 34.6 Å². The number of fused-ring (bicyclic) bond motifs is 1. The predicted octanol–water partition coefficient (Wildman–Crippen LogP) is 4.93. The maximum absolute atomic E-state index is 12.5. The maximum atomic E-state index is 12.5. The second-order valence-corrected chi connectivity index (χ2v) is 6.93. The van der Waals surface area contributed by atoms with Crippen molar-refractivity contribution in [2.45, 2.75) is 13.8 Å². The zero-order valence-electron chi connectivity index (χ0n) is 14.0. The van der Waals surface area contributed by atoms with Crippen LogP contribution in [-0.2, 0) is 0 Å². The minimum absolute atomic E-state index is 0.105. The summed E-state index contributed by atoms with van der Waals surface area (Å²) in [4.78, 5) is 18.1. The Morgan fingerprint density at radius 2 is 2.00 bits per heavy atom. The molecule has 0 saturated carbocycles. The molecule has 0 aliphatic rings. The SMILES string of the molecule is Cc1ccc(C(=O)Nc2cccc(-c3cn4ccsc4n3)c2)cc1C. The molecule has 1 amide bonds. The summed E-state index contributed by atoms with van der Waals surface area (Å²) >= 11 is 1.60.